The van der Waals surface area contributed by atoms with Gasteiger partial charge in [0.15, 0.2) is 0 Å². The highest BCUT2D eigenvalue weighted by Gasteiger charge is 2.19. The molecule has 1 unspecified atom stereocenters. The molecule has 0 N–H and O–H groups in total. The molecule has 0 amide bonds. The van der Waals surface area contributed by atoms with Crippen molar-refractivity contribution in [3.05, 3.63) is 35.1 Å². The number of Topliss-reactive ketones (excluding diaryl/α,β-unsaturated/α-hetero) is 1. The van der Waals surface area contributed by atoms with Gasteiger partial charge in [0.1, 0.15) is 11.6 Å². The Hall–Kier alpha value is -1.18. The number of rotatable bonds is 2. The van der Waals surface area contributed by atoms with Gasteiger partial charge in [-0.2, -0.15) is 0 Å². The van der Waals surface area contributed by atoms with Crippen molar-refractivity contribution in [1.82, 2.24) is 0 Å². The average Bonchev–Trinajstić information content (AvgIpc) is 2.17. The van der Waals surface area contributed by atoms with Crippen LogP contribution in [0.3, 0.4) is 0 Å². The summed E-state index contributed by atoms with van der Waals surface area (Å²) in [5.41, 5.74) is 2.34. The maximum atomic E-state index is 12.9. The minimum atomic E-state index is -0.154. The number of benzene rings is 1. The van der Waals surface area contributed by atoms with Gasteiger partial charge in [0, 0.05) is 6.42 Å². The molecular weight excluding hydrogens is 191 g/mol. The number of aryl methyl sites for hydroxylation is 1. The van der Waals surface area contributed by atoms with Crippen LogP contribution in [0, 0.1) is 11.7 Å². The van der Waals surface area contributed by atoms with Gasteiger partial charge in [0.05, 0.1) is 0 Å². The third kappa shape index (κ3) is 2.44. The molecule has 1 aliphatic carbocycles. The summed E-state index contributed by atoms with van der Waals surface area (Å²) >= 11 is 0. The first-order chi connectivity index (χ1) is 7.15. The second-order valence-electron chi connectivity index (χ2n) is 4.43. The summed E-state index contributed by atoms with van der Waals surface area (Å²) in [5.74, 6) is 0.560. The van der Waals surface area contributed by atoms with Crippen LogP contribution < -0.4 is 0 Å². The molecule has 1 nitrogen and oxygen atoms in total. The molecular formula is C13H15FO. The lowest BCUT2D eigenvalue weighted by atomic mass is 9.81. The van der Waals surface area contributed by atoms with Crippen molar-refractivity contribution in [3.63, 3.8) is 0 Å². The van der Waals surface area contributed by atoms with E-state index in [0.29, 0.717) is 12.3 Å². The van der Waals surface area contributed by atoms with Crippen LogP contribution in [-0.2, 0) is 17.6 Å². The molecule has 0 aliphatic heterocycles. The number of hydrogen-bond acceptors (Lipinski definition) is 1. The minimum Gasteiger partial charge on any atom is -0.300 e. The number of ketones is 1. The Bertz CT molecular complexity index is 384. The zero-order chi connectivity index (χ0) is 10.8. The predicted molar refractivity (Wildman–Crippen MR) is 57.2 cm³/mol. The second kappa shape index (κ2) is 4.13. The van der Waals surface area contributed by atoms with Gasteiger partial charge in [-0.15, -0.1) is 0 Å². The van der Waals surface area contributed by atoms with Crippen molar-refractivity contribution in [2.45, 2.75) is 32.6 Å². The van der Waals surface area contributed by atoms with E-state index in [1.165, 1.54) is 11.6 Å². The molecule has 1 aliphatic rings. The average molecular weight is 206 g/mol. The highest BCUT2D eigenvalue weighted by atomic mass is 19.1. The number of carbonyl (C=O) groups excluding carboxylic acids is 1. The fourth-order valence-electron chi connectivity index (χ4n) is 2.38. The van der Waals surface area contributed by atoms with Crippen molar-refractivity contribution < 1.29 is 9.18 Å². The summed E-state index contributed by atoms with van der Waals surface area (Å²) in [4.78, 5) is 11.0. The Morgan fingerprint density at radius 1 is 1.47 bits per heavy atom. The van der Waals surface area contributed by atoms with Crippen LogP contribution >= 0.6 is 0 Å². The van der Waals surface area contributed by atoms with E-state index in [1.807, 2.05) is 6.07 Å². The van der Waals surface area contributed by atoms with Gasteiger partial charge in [0.25, 0.3) is 0 Å². The Balaban J connectivity index is 2.13. The Labute approximate surface area is 89.3 Å². The molecule has 1 atom stereocenters. The maximum absolute atomic E-state index is 12.9. The summed E-state index contributed by atoms with van der Waals surface area (Å²) in [6, 6.07) is 4.99. The van der Waals surface area contributed by atoms with Gasteiger partial charge in [-0.25, -0.2) is 4.39 Å². The van der Waals surface area contributed by atoms with Crippen LogP contribution in [0.1, 0.15) is 30.9 Å². The summed E-state index contributed by atoms with van der Waals surface area (Å²) in [6.07, 6.45) is 3.51. The van der Waals surface area contributed by atoms with Gasteiger partial charge in [-0.05, 0) is 55.4 Å². The first kappa shape index (κ1) is 10.3. The molecule has 0 saturated carbocycles. The van der Waals surface area contributed by atoms with E-state index >= 15 is 0 Å². The van der Waals surface area contributed by atoms with Crippen LogP contribution in [0.15, 0.2) is 18.2 Å². The molecule has 0 radical (unpaired) electrons. The lowest BCUT2D eigenvalue weighted by molar-refractivity contribution is -0.117. The van der Waals surface area contributed by atoms with Gasteiger partial charge in [-0.3, -0.25) is 0 Å². The van der Waals surface area contributed by atoms with E-state index < -0.39 is 0 Å². The molecule has 0 heterocycles. The molecule has 0 bridgehead atoms. The molecule has 15 heavy (non-hydrogen) atoms. The molecule has 0 spiro atoms. The number of halogens is 1. The fourth-order valence-corrected chi connectivity index (χ4v) is 2.38. The molecule has 1 aromatic carbocycles. The van der Waals surface area contributed by atoms with Gasteiger partial charge in [-0.1, -0.05) is 6.07 Å². The minimum absolute atomic E-state index is 0.154. The normalized spacial score (nSPS) is 19.7. The van der Waals surface area contributed by atoms with Gasteiger partial charge < -0.3 is 4.79 Å². The Morgan fingerprint density at radius 2 is 2.27 bits per heavy atom. The SMILES string of the molecule is CC(=O)CC1CCc2cc(F)ccc2C1. The molecule has 0 aromatic heterocycles. The van der Waals surface area contributed by atoms with Crippen LogP contribution in [0.25, 0.3) is 0 Å². The quantitative estimate of drug-likeness (QED) is 0.727. The van der Waals surface area contributed by atoms with Crippen LogP contribution in [0.5, 0.6) is 0 Å². The van der Waals surface area contributed by atoms with Crippen LogP contribution in [0.4, 0.5) is 4.39 Å². The van der Waals surface area contributed by atoms with Crippen LogP contribution in [0.2, 0.25) is 0 Å². The zero-order valence-corrected chi connectivity index (χ0v) is 8.92. The predicted octanol–water partition coefficient (Wildman–Crippen LogP) is 2.91. The first-order valence-corrected chi connectivity index (χ1v) is 5.42. The van der Waals surface area contributed by atoms with E-state index in [4.69, 9.17) is 0 Å². The Morgan fingerprint density at radius 3 is 3.00 bits per heavy atom. The molecule has 0 fully saturated rings. The standard InChI is InChI=1S/C13H15FO/c1-9(15)6-10-2-3-12-8-13(14)5-4-11(12)7-10/h4-5,8,10H,2-3,6-7H2,1H3. The van der Waals surface area contributed by atoms with Crippen molar-refractivity contribution in [2.75, 3.05) is 0 Å². The van der Waals surface area contributed by atoms with Crippen molar-refractivity contribution in [2.24, 2.45) is 5.92 Å². The lowest BCUT2D eigenvalue weighted by Crippen LogP contribution is -2.16. The zero-order valence-electron chi connectivity index (χ0n) is 8.92. The second-order valence-corrected chi connectivity index (χ2v) is 4.43. The molecule has 2 rings (SSSR count). The maximum Gasteiger partial charge on any atom is 0.130 e. The summed E-state index contributed by atoms with van der Waals surface area (Å²) < 4.78 is 12.9. The highest BCUT2D eigenvalue weighted by Crippen LogP contribution is 2.28. The van der Waals surface area contributed by atoms with E-state index in [9.17, 15) is 9.18 Å². The molecule has 2 heteroatoms. The molecule has 0 saturated heterocycles. The van der Waals surface area contributed by atoms with E-state index in [2.05, 4.69) is 0 Å². The van der Waals surface area contributed by atoms with Gasteiger partial charge >= 0.3 is 0 Å². The topological polar surface area (TPSA) is 17.1 Å². The molecule has 1 aromatic rings. The summed E-state index contributed by atoms with van der Waals surface area (Å²) in [7, 11) is 0. The molecule has 80 valence electrons. The lowest BCUT2D eigenvalue weighted by Gasteiger charge is -2.23. The number of carbonyl (C=O) groups is 1. The third-order valence-corrected chi connectivity index (χ3v) is 3.07. The smallest absolute Gasteiger partial charge is 0.130 e. The van der Waals surface area contributed by atoms with Crippen molar-refractivity contribution >= 4 is 5.78 Å². The Kier molecular flexibility index (Phi) is 2.85. The van der Waals surface area contributed by atoms with E-state index in [0.717, 1.165) is 24.8 Å². The van der Waals surface area contributed by atoms with Crippen LogP contribution in [-0.4, -0.2) is 5.78 Å². The largest absolute Gasteiger partial charge is 0.300 e. The first-order valence-electron chi connectivity index (χ1n) is 5.42. The number of fused-ring (bicyclic) bond motifs is 1. The summed E-state index contributed by atoms with van der Waals surface area (Å²) in [6.45, 7) is 1.64. The highest BCUT2D eigenvalue weighted by molar-refractivity contribution is 5.75. The third-order valence-electron chi connectivity index (χ3n) is 3.07. The number of hydrogen-bond donors (Lipinski definition) is 0. The fraction of sp³-hybridized carbons (Fsp3) is 0.462. The van der Waals surface area contributed by atoms with E-state index in [-0.39, 0.29) is 11.6 Å². The summed E-state index contributed by atoms with van der Waals surface area (Å²) in [5, 5.41) is 0. The monoisotopic (exact) mass is 206 g/mol. The van der Waals surface area contributed by atoms with Crippen molar-refractivity contribution in [1.29, 1.82) is 0 Å². The van der Waals surface area contributed by atoms with E-state index in [1.54, 1.807) is 13.0 Å². The van der Waals surface area contributed by atoms with Gasteiger partial charge in [0.2, 0.25) is 0 Å². The van der Waals surface area contributed by atoms with Crippen molar-refractivity contribution in [3.8, 4) is 0 Å².